The first-order valence-corrected chi connectivity index (χ1v) is 37.3. The van der Waals surface area contributed by atoms with Crippen LogP contribution in [-0.4, -0.2) is 183 Å². The Hall–Kier alpha value is -8.87. The zero-order valence-corrected chi connectivity index (χ0v) is 63.7. The molecule has 5 rings (SSSR count). The number of hydrazine groups is 2. The number of carbonyl (C=O) groups is 13. The van der Waals surface area contributed by atoms with Gasteiger partial charge in [-0.3, -0.25) is 62.9 Å². The number of aliphatic hydroxyl groups excluding tert-OH is 1. The number of hydrogen-bond donors (Lipinski definition) is 15. The van der Waals surface area contributed by atoms with Crippen LogP contribution < -0.4 is 64.7 Å². The highest BCUT2D eigenvalue weighted by Crippen LogP contribution is 2.23. The molecule has 28 heteroatoms. The molecule has 2 heterocycles. The summed E-state index contributed by atoms with van der Waals surface area (Å²) in [5.74, 6) is -8.30. The summed E-state index contributed by atoms with van der Waals surface area (Å²) in [7, 11) is 0. The van der Waals surface area contributed by atoms with E-state index in [4.69, 9.17) is 5.73 Å². The quantitative estimate of drug-likeness (QED) is 0.0157. The molecule has 28 nitrogen and oxygen atoms in total. The van der Waals surface area contributed by atoms with E-state index >= 15 is 0 Å². The average Bonchev–Trinajstić information content (AvgIpc) is 1.69. The van der Waals surface area contributed by atoms with Crippen LogP contribution >= 0.6 is 0 Å². The fraction of sp³-hybridized carbons (Fsp3) is 0.557. The first-order valence-electron chi connectivity index (χ1n) is 37.3. The first-order chi connectivity index (χ1) is 50.7. The number of aromatic amines is 1. The second-order valence-electron chi connectivity index (χ2n) is 29.7. The predicted molar refractivity (Wildman–Crippen MR) is 406 cm³/mol. The fourth-order valence-corrected chi connectivity index (χ4v) is 12.5. The van der Waals surface area contributed by atoms with Crippen LogP contribution in [0.2, 0.25) is 0 Å². The lowest BCUT2D eigenvalue weighted by atomic mass is 9.89. The molecule has 5 amide bonds. The molecule has 0 unspecified atom stereocenters. The van der Waals surface area contributed by atoms with Crippen molar-refractivity contribution in [3.8, 4) is 5.75 Å². The molecule has 16 N–H and O–H groups in total. The number of ketones is 7. The smallest absolute Gasteiger partial charge is 0.243 e. The maximum Gasteiger partial charge on any atom is 0.243 e. The van der Waals surface area contributed by atoms with Crippen molar-refractivity contribution in [3.05, 3.63) is 114 Å². The molecule has 0 spiro atoms. The average molecular weight is 1490 g/mol. The molecule has 0 aliphatic carbocycles. The van der Waals surface area contributed by atoms with Gasteiger partial charge in [-0.15, -0.1) is 0 Å². The van der Waals surface area contributed by atoms with Crippen LogP contribution in [0.4, 0.5) is 0 Å². The van der Waals surface area contributed by atoms with Gasteiger partial charge in [0.05, 0.1) is 79.5 Å². The van der Waals surface area contributed by atoms with Crippen molar-refractivity contribution in [2.45, 2.75) is 250 Å². The normalized spacial score (nSPS) is 24.0. The van der Waals surface area contributed by atoms with Gasteiger partial charge in [-0.1, -0.05) is 120 Å². The van der Waals surface area contributed by atoms with Crippen molar-refractivity contribution in [3.63, 3.8) is 0 Å². The number of allylic oxidation sites excluding steroid dienone is 2. The van der Waals surface area contributed by atoms with E-state index in [0.717, 1.165) is 23.7 Å². The van der Waals surface area contributed by atoms with Gasteiger partial charge >= 0.3 is 0 Å². The van der Waals surface area contributed by atoms with Gasteiger partial charge in [0.25, 0.3) is 0 Å². The Kier molecular flexibility index (Phi) is 36.9. The van der Waals surface area contributed by atoms with Crippen LogP contribution in [0.25, 0.3) is 10.9 Å². The van der Waals surface area contributed by atoms with Gasteiger partial charge in [0.15, 0.2) is 28.9 Å². The Morgan fingerprint density at radius 1 is 0.645 bits per heavy atom. The molecule has 4 aromatic rings. The zero-order chi connectivity index (χ0) is 79.0. The van der Waals surface area contributed by atoms with Crippen molar-refractivity contribution in [2.24, 2.45) is 17.6 Å². The van der Waals surface area contributed by atoms with Crippen LogP contribution in [0.3, 0.4) is 0 Å². The molecule has 1 aliphatic rings. The van der Waals surface area contributed by atoms with Crippen molar-refractivity contribution < 1.29 is 72.5 Å². The molecule has 3 aromatic carbocycles. The van der Waals surface area contributed by atoms with E-state index in [9.17, 15) is 72.5 Å². The van der Waals surface area contributed by atoms with Crippen LogP contribution in [-0.2, 0) is 81.6 Å². The van der Waals surface area contributed by atoms with Gasteiger partial charge in [-0.2, -0.15) is 0 Å². The summed E-state index contributed by atoms with van der Waals surface area (Å²) < 4.78 is 0. The summed E-state index contributed by atoms with van der Waals surface area (Å²) in [5, 5.41) is 41.7. The number of fused-ring (bicyclic) bond motifs is 1. The number of aldehydes is 1. The van der Waals surface area contributed by atoms with Crippen LogP contribution in [0.5, 0.6) is 5.75 Å². The molecule has 1 aromatic heterocycles. The Bertz CT molecular complexity index is 3680. The number of phenolic OH excluding ortho intramolecular Hbond substituents is 1. The Balaban J connectivity index is 1.48. The monoisotopic (exact) mass is 1490 g/mol. The van der Waals surface area contributed by atoms with Crippen LogP contribution in [0.1, 0.15) is 176 Å². The van der Waals surface area contributed by atoms with Crippen LogP contribution in [0, 0.1) is 11.8 Å². The predicted octanol–water partition coefficient (Wildman–Crippen LogP) is 3.61. The molecule has 0 saturated carbocycles. The number of aromatic hydroxyl groups is 1. The summed E-state index contributed by atoms with van der Waals surface area (Å²) in [6, 6.07) is 11.1. The molecule has 12 atom stereocenters. The third-order valence-electron chi connectivity index (χ3n) is 19.2. The van der Waals surface area contributed by atoms with Gasteiger partial charge in [-0.05, 0) is 152 Å². The van der Waals surface area contributed by atoms with Crippen molar-refractivity contribution >= 4 is 87.2 Å². The first kappa shape index (κ1) is 88.8. The summed E-state index contributed by atoms with van der Waals surface area (Å²) in [6.45, 7) is 15.0. The van der Waals surface area contributed by atoms with E-state index in [1.165, 1.54) is 32.9 Å². The highest BCUT2D eigenvalue weighted by Gasteiger charge is 2.40. The summed E-state index contributed by atoms with van der Waals surface area (Å²) in [6.07, 6.45) is 9.06. The minimum absolute atomic E-state index is 0.0424. The van der Waals surface area contributed by atoms with Gasteiger partial charge in [0, 0.05) is 36.9 Å². The maximum atomic E-state index is 14.9. The zero-order valence-electron chi connectivity index (χ0n) is 63.7. The number of aromatic nitrogens is 1. The molecule has 0 bridgehead atoms. The van der Waals surface area contributed by atoms with Gasteiger partial charge in [0.2, 0.25) is 41.1 Å². The minimum atomic E-state index is -1.73. The third-order valence-corrected chi connectivity index (χ3v) is 19.2. The molecule has 586 valence electrons. The highest BCUT2D eigenvalue weighted by molar-refractivity contribution is 6.41. The minimum Gasteiger partial charge on any atom is -0.508 e. The lowest BCUT2D eigenvalue weighted by Gasteiger charge is -2.33. The van der Waals surface area contributed by atoms with Crippen LogP contribution in [0.15, 0.2) is 97.2 Å². The number of nitrogens with one attached hydrogen (secondary N) is 12. The molecular formula is C79H115N13O15. The maximum absolute atomic E-state index is 14.9. The van der Waals surface area contributed by atoms with Gasteiger partial charge < -0.3 is 57.6 Å². The number of H-pyrrole nitrogens is 1. The van der Waals surface area contributed by atoms with Crippen molar-refractivity contribution in [1.82, 2.24) is 63.9 Å². The van der Waals surface area contributed by atoms with Crippen molar-refractivity contribution in [2.75, 3.05) is 19.6 Å². The largest absolute Gasteiger partial charge is 0.508 e. The number of phenols is 1. The van der Waals surface area contributed by atoms with E-state index in [1.54, 1.807) is 69.4 Å². The Morgan fingerprint density at radius 3 is 1.93 bits per heavy atom. The number of carbonyl (C=O) groups excluding carboxylic acids is 13. The van der Waals surface area contributed by atoms with Gasteiger partial charge in [0.1, 0.15) is 30.2 Å². The number of Topliss-reactive ketones (excluding diaryl/α,β-unsaturated/α-hetero) is 7. The second kappa shape index (κ2) is 44.4. The summed E-state index contributed by atoms with van der Waals surface area (Å²) in [4.78, 5) is 184. The molecule has 0 radical (unpaired) electrons. The van der Waals surface area contributed by atoms with E-state index in [-0.39, 0.29) is 69.0 Å². The molecule has 0 fully saturated rings. The van der Waals surface area contributed by atoms with Crippen molar-refractivity contribution in [1.29, 1.82) is 0 Å². The number of benzene rings is 3. The number of hydrogen-bond acceptors (Lipinski definition) is 22. The lowest BCUT2D eigenvalue weighted by Crippen LogP contribution is -2.64. The number of para-hydroxylation sites is 1. The topological polar surface area (TPSA) is 437 Å². The number of primary amides is 1. The number of aliphatic hydroxyl groups is 1. The Morgan fingerprint density at radius 2 is 1.28 bits per heavy atom. The number of rotatable bonds is 24. The van der Waals surface area contributed by atoms with E-state index in [0.29, 0.717) is 61.5 Å². The lowest BCUT2D eigenvalue weighted by molar-refractivity contribution is -0.142. The van der Waals surface area contributed by atoms with E-state index in [1.807, 2.05) is 64.1 Å². The van der Waals surface area contributed by atoms with Gasteiger partial charge in [-0.25, -0.2) is 21.7 Å². The SMILES string of the molecule is CC(=O)N[C@@H](CC(C)C)C(=O)N[C@H](C(=O)C(=O)[C@H](Cc1ccccc1)NN[C@]1(C)CCCCCCC=CCCC[C@@](C)(C=O)NC(=O)[C@H](CC(C)C)NN[C@@H](CCC(N)=O)C(=O)CN[C@@H](C)C(=O)CC(=O)[C@H](Cc2c[nH]c3ccccc23)NC(=O)[C@H](Cc2ccc(O)cc2)NCC(=O)[C@H](C)NCC1=O)[C@@H](C)O. The third kappa shape index (κ3) is 30.4. The summed E-state index contributed by atoms with van der Waals surface area (Å²) >= 11 is 0. The molecule has 0 saturated heterocycles. The highest BCUT2D eigenvalue weighted by atomic mass is 16.3. The Labute approximate surface area is 627 Å². The molecule has 107 heavy (non-hydrogen) atoms. The van der Waals surface area contributed by atoms with E-state index in [2.05, 4.69) is 63.9 Å². The number of amides is 5. The second-order valence-corrected chi connectivity index (χ2v) is 29.7. The standard InChI is InChI=1S/C79H115N13O15/c1-48(2)37-64(85-53(8)95)76(106)87-72(52(7)94)74(104)73(103)62(39-54-25-19-18-20-26-54)91-92-79(10)36-24-17-15-13-11-12-14-16-23-35-78(9,47-93)88-77(107)65(38-49(3)4)90-89-60(33-34-71(80)102)69(100)45-81-50(5)66(97)42-67(98)61(41-56-43-83-59-28-22-21-27-58(56)59)86-75(105)63(40-55-29-31-57(96)32-30-55)84-44-68(99)51(6)82-46-70(79)101/h12,14,18-22,25-32,43,47-52,60-65,72,81-84,89-92,94,96H,11,13,15-17,23-24,33-42,44-46H2,1-10H3,(H2,80,102)(H,85,95)(H,86,105)(H,87,106)(H,88,107)/t50-,51-,52+,60-,61-,62-,63-,64-,65-,72-,78-,79+/m0/s1. The van der Waals surface area contributed by atoms with E-state index < -0.39 is 168 Å². The molecular weight excluding hydrogens is 1370 g/mol. The number of nitrogens with two attached hydrogens (primary N) is 1. The fourth-order valence-electron chi connectivity index (χ4n) is 12.5. The molecule has 1 aliphatic heterocycles. The summed E-state index contributed by atoms with van der Waals surface area (Å²) in [5.41, 5.74) is 17.3.